The summed E-state index contributed by atoms with van der Waals surface area (Å²) in [6.45, 7) is 12.8. The highest BCUT2D eigenvalue weighted by Crippen LogP contribution is 2.41. The van der Waals surface area contributed by atoms with Crippen LogP contribution in [0.5, 0.6) is 0 Å². The molecule has 0 spiro atoms. The van der Waals surface area contributed by atoms with Gasteiger partial charge in [-0.2, -0.15) is 0 Å². The molecule has 0 radical (unpaired) electrons. The van der Waals surface area contributed by atoms with Crippen molar-refractivity contribution in [3.8, 4) is 0 Å². The normalized spacial score (nSPS) is 13.5. The first-order chi connectivity index (χ1) is 5.39. The monoisotopic (exact) mass is 190 g/mol. The molecule has 0 aliphatic carbocycles. The van der Waals surface area contributed by atoms with E-state index in [4.69, 9.17) is 9.83 Å². The molecule has 0 aromatic heterocycles. The van der Waals surface area contributed by atoms with Crippen LogP contribution in [0.3, 0.4) is 0 Å². The zero-order valence-corrected chi connectivity index (χ0v) is 10.1. The van der Waals surface area contributed by atoms with E-state index in [2.05, 4.69) is 41.5 Å². The summed E-state index contributed by atoms with van der Waals surface area (Å²) in [6, 6.07) is 0. The third kappa shape index (κ3) is 1.89. The summed E-state index contributed by atoms with van der Waals surface area (Å²) < 4.78 is 4.86. The second-order valence-electron chi connectivity index (χ2n) is 4.41. The van der Waals surface area contributed by atoms with Crippen LogP contribution in [0.15, 0.2) is 0 Å². The van der Waals surface area contributed by atoms with Crippen LogP contribution in [0.1, 0.15) is 41.5 Å². The molecule has 1 N–H and O–H groups in total. The van der Waals surface area contributed by atoms with Crippen molar-refractivity contribution in [1.29, 1.82) is 0 Å². The molecule has 0 rings (SSSR count). The highest BCUT2D eigenvalue weighted by atomic mass is 28.4. The van der Waals surface area contributed by atoms with Crippen molar-refractivity contribution < 1.29 is 9.83 Å². The van der Waals surface area contributed by atoms with Gasteiger partial charge in [-0.05, 0) is 16.6 Å². The Morgan fingerprint density at radius 2 is 1.08 bits per heavy atom. The molecule has 0 amide bonds. The summed E-state index contributed by atoms with van der Waals surface area (Å²) >= 11 is 0. The molecule has 12 heavy (non-hydrogen) atoms. The van der Waals surface area contributed by atoms with Crippen LogP contribution in [0, 0.1) is 0 Å². The van der Waals surface area contributed by atoms with Crippen LogP contribution in [-0.2, 0) is 4.58 Å². The van der Waals surface area contributed by atoms with Gasteiger partial charge in [0.25, 0.3) is 0 Å². The summed E-state index contributed by atoms with van der Waals surface area (Å²) in [5.74, 6) is 0. The Labute approximate surface area is 77.0 Å². The molecule has 0 aliphatic rings. The fourth-order valence-electron chi connectivity index (χ4n) is 2.32. The molecule has 0 aliphatic heterocycles. The summed E-state index contributed by atoms with van der Waals surface area (Å²) in [5.41, 5.74) is 1.38. The smallest absolute Gasteiger partial charge is 0.246 e. The van der Waals surface area contributed by atoms with E-state index in [1.54, 1.807) is 0 Å². The van der Waals surface area contributed by atoms with Gasteiger partial charge in [-0.25, -0.2) is 0 Å². The lowest BCUT2D eigenvalue weighted by Crippen LogP contribution is -2.46. The Morgan fingerprint density at radius 1 is 0.833 bits per heavy atom. The van der Waals surface area contributed by atoms with Gasteiger partial charge in [0, 0.05) is 0 Å². The largest absolute Gasteiger partial charge is 0.288 e. The quantitative estimate of drug-likeness (QED) is 0.416. The van der Waals surface area contributed by atoms with Gasteiger partial charge in [0.05, 0.1) is 0 Å². The minimum absolute atomic E-state index is 0.461. The summed E-state index contributed by atoms with van der Waals surface area (Å²) in [4.78, 5) is 0. The number of hydrogen-bond donors (Lipinski definition) is 1. The Balaban J connectivity index is 4.77. The third-order valence-corrected chi connectivity index (χ3v) is 8.60. The lowest BCUT2D eigenvalue weighted by Gasteiger charge is -2.38. The van der Waals surface area contributed by atoms with E-state index in [9.17, 15) is 0 Å². The minimum atomic E-state index is -1.95. The van der Waals surface area contributed by atoms with Crippen molar-refractivity contribution in [3.63, 3.8) is 0 Å². The second-order valence-corrected chi connectivity index (χ2v) is 9.76. The highest BCUT2D eigenvalue weighted by molar-refractivity contribution is 6.77. The summed E-state index contributed by atoms with van der Waals surface area (Å²) in [5, 5.41) is 9.05. The molecule has 0 aromatic carbocycles. The highest BCUT2D eigenvalue weighted by Gasteiger charge is 2.46. The number of hydrogen-bond acceptors (Lipinski definition) is 2. The Kier molecular flexibility index (Phi) is 4.44. The average Bonchev–Trinajstić information content (AvgIpc) is 1.86. The molecule has 0 unspecified atom stereocenters. The van der Waals surface area contributed by atoms with E-state index in [-0.39, 0.29) is 0 Å². The van der Waals surface area contributed by atoms with Crippen LogP contribution in [0.25, 0.3) is 0 Å². The first kappa shape index (κ1) is 12.1. The van der Waals surface area contributed by atoms with E-state index >= 15 is 0 Å². The van der Waals surface area contributed by atoms with Crippen LogP contribution in [0.2, 0.25) is 16.6 Å². The van der Waals surface area contributed by atoms with Gasteiger partial charge in [-0.1, -0.05) is 41.5 Å². The van der Waals surface area contributed by atoms with Gasteiger partial charge in [0.1, 0.15) is 0 Å². The van der Waals surface area contributed by atoms with E-state index in [0.717, 1.165) is 0 Å². The average molecular weight is 190 g/mol. The molecule has 0 saturated heterocycles. The lowest BCUT2D eigenvalue weighted by atomic mass is 10.5. The van der Waals surface area contributed by atoms with Gasteiger partial charge in [0.15, 0.2) is 0 Å². The SMILES string of the molecule is CC(C)[Si](OO)(C(C)C)C(C)C. The molecule has 0 atom stereocenters. The molecule has 0 saturated carbocycles. The van der Waals surface area contributed by atoms with Gasteiger partial charge in [-0.15, -0.1) is 0 Å². The Morgan fingerprint density at radius 3 is 1.08 bits per heavy atom. The van der Waals surface area contributed by atoms with E-state index in [1.165, 1.54) is 0 Å². The topological polar surface area (TPSA) is 29.5 Å². The summed E-state index contributed by atoms with van der Waals surface area (Å²) in [7, 11) is -1.95. The standard InChI is InChI=1S/C9H22O2Si/c1-7(2)12(11-10,8(3)4)9(5)6/h7-10H,1-6H3. The first-order valence-corrected chi connectivity index (χ1v) is 6.86. The lowest BCUT2D eigenvalue weighted by molar-refractivity contribution is -0.157. The maximum absolute atomic E-state index is 9.05. The van der Waals surface area contributed by atoms with Crippen molar-refractivity contribution >= 4 is 8.32 Å². The fourth-order valence-corrected chi connectivity index (χ4v) is 6.95. The molecule has 2 nitrogen and oxygen atoms in total. The zero-order chi connectivity index (χ0) is 9.94. The van der Waals surface area contributed by atoms with Crippen LogP contribution >= 0.6 is 0 Å². The second kappa shape index (κ2) is 4.39. The maximum atomic E-state index is 9.05. The van der Waals surface area contributed by atoms with Crippen molar-refractivity contribution in [2.24, 2.45) is 0 Å². The molecule has 74 valence electrons. The third-order valence-electron chi connectivity index (χ3n) is 2.87. The molecule has 0 heterocycles. The Hall–Kier alpha value is 0.137. The fraction of sp³-hybridized carbons (Fsp3) is 1.00. The van der Waals surface area contributed by atoms with Gasteiger partial charge in [0.2, 0.25) is 8.32 Å². The van der Waals surface area contributed by atoms with Gasteiger partial charge in [-0.3, -0.25) is 9.83 Å². The molecular weight excluding hydrogens is 168 g/mol. The minimum Gasteiger partial charge on any atom is -0.288 e. The van der Waals surface area contributed by atoms with E-state index in [0.29, 0.717) is 16.6 Å². The van der Waals surface area contributed by atoms with Gasteiger partial charge < -0.3 is 0 Å². The molecular formula is C9H22O2Si. The van der Waals surface area contributed by atoms with Crippen molar-refractivity contribution in [2.75, 3.05) is 0 Å². The molecule has 0 fully saturated rings. The van der Waals surface area contributed by atoms with Crippen molar-refractivity contribution in [2.45, 2.75) is 58.2 Å². The van der Waals surface area contributed by atoms with Gasteiger partial charge >= 0.3 is 0 Å². The Bertz CT molecular complexity index is 111. The molecule has 3 heteroatoms. The summed E-state index contributed by atoms with van der Waals surface area (Å²) in [6.07, 6.45) is 0. The van der Waals surface area contributed by atoms with Crippen LogP contribution in [0.4, 0.5) is 0 Å². The molecule has 0 bridgehead atoms. The van der Waals surface area contributed by atoms with Crippen LogP contribution in [-0.4, -0.2) is 13.6 Å². The predicted octanol–water partition coefficient (Wildman–Crippen LogP) is 3.65. The molecule has 0 aromatic rings. The number of rotatable bonds is 4. The maximum Gasteiger partial charge on any atom is 0.246 e. The van der Waals surface area contributed by atoms with Crippen molar-refractivity contribution in [3.05, 3.63) is 0 Å². The van der Waals surface area contributed by atoms with Crippen molar-refractivity contribution in [1.82, 2.24) is 0 Å². The zero-order valence-electron chi connectivity index (χ0n) is 9.09. The first-order valence-electron chi connectivity index (χ1n) is 4.72. The predicted molar refractivity (Wildman–Crippen MR) is 54.8 cm³/mol. The van der Waals surface area contributed by atoms with E-state index in [1.807, 2.05) is 0 Å². The van der Waals surface area contributed by atoms with E-state index < -0.39 is 8.32 Å². The van der Waals surface area contributed by atoms with Crippen LogP contribution < -0.4 is 0 Å².